The highest BCUT2D eigenvalue weighted by molar-refractivity contribution is 8.00. The number of aromatic nitrogens is 3. The van der Waals surface area contributed by atoms with Crippen LogP contribution in [0.3, 0.4) is 0 Å². The quantitative estimate of drug-likeness (QED) is 0.820. The van der Waals surface area contributed by atoms with Gasteiger partial charge in [-0.15, -0.1) is 5.10 Å². The van der Waals surface area contributed by atoms with E-state index in [0.29, 0.717) is 11.1 Å². The summed E-state index contributed by atoms with van der Waals surface area (Å²) in [6, 6.07) is 7.88. The molecule has 4 nitrogen and oxygen atoms in total. The molecule has 1 fully saturated rings. The Kier molecular flexibility index (Phi) is 3.04. The van der Waals surface area contributed by atoms with Gasteiger partial charge >= 0.3 is 0 Å². The average Bonchev–Trinajstić information content (AvgIpc) is 3.09. The second-order valence-electron chi connectivity index (χ2n) is 8.31. The number of carbonyl (C=O) groups is 1. The number of ketones is 1. The van der Waals surface area contributed by atoms with Gasteiger partial charge in [0.15, 0.2) is 5.78 Å². The molecule has 5 rings (SSSR count). The van der Waals surface area contributed by atoms with E-state index in [1.807, 2.05) is 24.3 Å². The minimum Gasteiger partial charge on any atom is -0.293 e. The third kappa shape index (κ3) is 1.90. The summed E-state index contributed by atoms with van der Waals surface area (Å²) in [5, 5.41) is 9.45. The van der Waals surface area contributed by atoms with E-state index in [1.165, 1.54) is 18.2 Å². The number of Topliss-reactive ketones (excluding diaryl/α,β-unsaturated/α-hetero) is 1. The Labute approximate surface area is 151 Å². The average molecular weight is 351 g/mol. The van der Waals surface area contributed by atoms with Gasteiger partial charge in [0, 0.05) is 16.9 Å². The Hall–Kier alpha value is -1.75. The number of thioether (sulfide) groups is 1. The van der Waals surface area contributed by atoms with Gasteiger partial charge in [0.25, 0.3) is 0 Å². The van der Waals surface area contributed by atoms with Crippen molar-refractivity contribution in [2.24, 2.45) is 5.41 Å². The molecule has 0 amide bonds. The lowest BCUT2D eigenvalue weighted by atomic mass is 9.70. The second kappa shape index (κ2) is 4.91. The van der Waals surface area contributed by atoms with Gasteiger partial charge in [-0.3, -0.25) is 4.79 Å². The van der Waals surface area contributed by atoms with Crippen molar-refractivity contribution in [1.82, 2.24) is 15.2 Å². The number of benzene rings is 1. The predicted octanol–water partition coefficient (Wildman–Crippen LogP) is 3.95. The number of carbonyl (C=O) groups excluding carboxylic acids is 1. The second-order valence-corrected chi connectivity index (χ2v) is 9.48. The Morgan fingerprint density at radius 3 is 2.76 bits per heavy atom. The number of nitrogens with zero attached hydrogens (tertiary/aromatic N) is 3. The molecule has 0 radical (unpaired) electrons. The maximum absolute atomic E-state index is 12.6. The highest BCUT2D eigenvalue weighted by Crippen LogP contribution is 2.66. The molecule has 0 N–H and O–H groups in total. The lowest BCUT2D eigenvalue weighted by Crippen LogP contribution is -2.32. The Balaban J connectivity index is 1.47. The van der Waals surface area contributed by atoms with Crippen molar-refractivity contribution in [2.75, 3.05) is 0 Å². The first-order valence-electron chi connectivity index (χ1n) is 8.96. The van der Waals surface area contributed by atoms with Crippen molar-refractivity contribution in [3.63, 3.8) is 0 Å². The molecular formula is C20H21N3OS. The van der Waals surface area contributed by atoms with Crippen LogP contribution in [0, 0.1) is 5.41 Å². The molecule has 3 unspecified atom stereocenters. The van der Waals surface area contributed by atoms with Crippen LogP contribution in [0.15, 0.2) is 29.4 Å². The maximum atomic E-state index is 12.6. The van der Waals surface area contributed by atoms with Crippen LogP contribution < -0.4 is 0 Å². The lowest BCUT2D eigenvalue weighted by Gasteiger charge is -2.34. The van der Waals surface area contributed by atoms with Crippen molar-refractivity contribution < 1.29 is 4.79 Å². The number of hydrogen-bond donors (Lipinski definition) is 0. The van der Waals surface area contributed by atoms with E-state index < -0.39 is 0 Å². The molecule has 3 aliphatic carbocycles. The maximum Gasteiger partial charge on any atom is 0.210 e. The SMILES string of the molecule is CC12CCC(c3nnc(SC4Cc5ccccc5C4=O)nc31)C2(C)C. The Morgan fingerprint density at radius 2 is 1.96 bits per heavy atom. The lowest BCUT2D eigenvalue weighted by molar-refractivity contribution is 0.1000. The summed E-state index contributed by atoms with van der Waals surface area (Å²) in [5.74, 6) is 0.654. The van der Waals surface area contributed by atoms with Crippen LogP contribution in [-0.4, -0.2) is 26.2 Å². The molecule has 1 aromatic heterocycles. The summed E-state index contributed by atoms with van der Waals surface area (Å²) < 4.78 is 0. The van der Waals surface area contributed by atoms with Crippen LogP contribution >= 0.6 is 11.8 Å². The predicted molar refractivity (Wildman–Crippen MR) is 97.1 cm³/mol. The first-order valence-corrected chi connectivity index (χ1v) is 9.84. The Morgan fingerprint density at radius 1 is 1.16 bits per heavy atom. The van der Waals surface area contributed by atoms with Crippen molar-refractivity contribution >= 4 is 17.5 Å². The van der Waals surface area contributed by atoms with E-state index in [2.05, 4.69) is 31.0 Å². The summed E-state index contributed by atoms with van der Waals surface area (Å²) in [5.41, 5.74) is 4.44. The van der Waals surface area contributed by atoms with Crippen molar-refractivity contribution in [3.8, 4) is 0 Å². The van der Waals surface area contributed by atoms with Crippen LogP contribution in [0.1, 0.15) is 66.8 Å². The van der Waals surface area contributed by atoms with Crippen LogP contribution in [0.2, 0.25) is 0 Å². The van der Waals surface area contributed by atoms with Gasteiger partial charge < -0.3 is 0 Å². The summed E-state index contributed by atoms with van der Waals surface area (Å²) in [4.78, 5) is 17.5. The fraction of sp³-hybridized carbons (Fsp3) is 0.500. The van der Waals surface area contributed by atoms with Crippen LogP contribution in [-0.2, 0) is 11.8 Å². The molecule has 0 aliphatic heterocycles. The van der Waals surface area contributed by atoms with Crippen molar-refractivity contribution in [2.45, 2.75) is 61.8 Å². The topological polar surface area (TPSA) is 55.7 Å². The summed E-state index contributed by atoms with van der Waals surface area (Å²) in [6.45, 7) is 6.98. The minimum atomic E-state index is -0.128. The monoisotopic (exact) mass is 351 g/mol. The van der Waals surface area contributed by atoms with E-state index in [-0.39, 0.29) is 21.9 Å². The van der Waals surface area contributed by atoms with Crippen molar-refractivity contribution in [1.29, 1.82) is 0 Å². The number of rotatable bonds is 2. The van der Waals surface area contributed by atoms with Crippen molar-refractivity contribution in [3.05, 3.63) is 46.8 Å². The van der Waals surface area contributed by atoms with Crippen LogP contribution in [0.25, 0.3) is 0 Å². The standard InChI is InChI=1S/C20H21N3OS/c1-19(2)13-8-9-20(19,3)17-15(13)22-23-18(21-17)25-14-10-11-6-4-5-7-12(11)16(14)24/h4-7,13-14H,8-10H2,1-3H3. The largest absolute Gasteiger partial charge is 0.293 e. The Bertz CT molecular complexity index is 910. The highest BCUT2D eigenvalue weighted by atomic mass is 32.2. The molecule has 3 aliphatic rings. The molecule has 25 heavy (non-hydrogen) atoms. The third-order valence-electron chi connectivity index (χ3n) is 7.00. The normalized spacial score (nSPS) is 31.2. The molecule has 2 bridgehead atoms. The van der Waals surface area contributed by atoms with Gasteiger partial charge in [0.1, 0.15) is 0 Å². The molecule has 0 spiro atoms. The number of hydrogen-bond acceptors (Lipinski definition) is 5. The molecule has 1 aromatic carbocycles. The molecule has 5 heteroatoms. The molecule has 2 aromatic rings. The van der Waals surface area contributed by atoms with Crippen LogP contribution in [0.4, 0.5) is 0 Å². The summed E-state index contributed by atoms with van der Waals surface area (Å²) in [6.07, 6.45) is 3.09. The molecule has 1 heterocycles. The van der Waals surface area contributed by atoms with E-state index in [1.54, 1.807) is 0 Å². The van der Waals surface area contributed by atoms with Crippen LogP contribution in [0.5, 0.6) is 0 Å². The van der Waals surface area contributed by atoms with Gasteiger partial charge in [-0.2, -0.15) is 5.10 Å². The first-order chi connectivity index (χ1) is 11.9. The van der Waals surface area contributed by atoms with Gasteiger partial charge in [0.05, 0.1) is 16.6 Å². The van der Waals surface area contributed by atoms with Gasteiger partial charge in [-0.1, -0.05) is 56.8 Å². The van der Waals surface area contributed by atoms with E-state index in [0.717, 1.165) is 35.4 Å². The summed E-state index contributed by atoms with van der Waals surface area (Å²) in [7, 11) is 0. The molecule has 128 valence electrons. The third-order valence-corrected chi connectivity index (χ3v) is 8.05. The minimum absolute atomic E-state index is 0.0703. The molecular weight excluding hydrogens is 330 g/mol. The van der Waals surface area contributed by atoms with E-state index in [9.17, 15) is 4.79 Å². The molecule has 1 saturated carbocycles. The number of fused-ring (bicyclic) bond motifs is 6. The summed E-state index contributed by atoms with van der Waals surface area (Å²) >= 11 is 1.47. The van der Waals surface area contributed by atoms with Gasteiger partial charge in [-0.05, 0) is 30.2 Å². The fourth-order valence-corrected chi connectivity index (χ4v) is 6.02. The van der Waals surface area contributed by atoms with Gasteiger partial charge in [0.2, 0.25) is 5.16 Å². The highest BCUT2D eigenvalue weighted by Gasteiger charge is 2.61. The molecule has 0 saturated heterocycles. The van der Waals surface area contributed by atoms with E-state index in [4.69, 9.17) is 4.98 Å². The first kappa shape index (κ1) is 15.5. The molecule has 3 atom stereocenters. The fourth-order valence-electron chi connectivity index (χ4n) is 5.04. The smallest absolute Gasteiger partial charge is 0.210 e. The van der Waals surface area contributed by atoms with E-state index >= 15 is 0 Å². The zero-order valence-corrected chi connectivity index (χ0v) is 15.6. The van der Waals surface area contributed by atoms with Gasteiger partial charge in [-0.25, -0.2) is 4.98 Å². The zero-order chi connectivity index (χ0) is 17.4. The zero-order valence-electron chi connectivity index (χ0n) is 14.7.